The van der Waals surface area contributed by atoms with Crippen molar-refractivity contribution in [1.82, 2.24) is 9.78 Å². The van der Waals surface area contributed by atoms with E-state index in [0.717, 1.165) is 31.9 Å². The Balaban J connectivity index is 2.48. The van der Waals surface area contributed by atoms with Crippen molar-refractivity contribution in [2.24, 2.45) is 0 Å². The van der Waals surface area contributed by atoms with Gasteiger partial charge in [-0.25, -0.2) is 9.18 Å². The van der Waals surface area contributed by atoms with E-state index in [9.17, 15) is 32.3 Å². The summed E-state index contributed by atoms with van der Waals surface area (Å²) >= 11 is 5.94. The lowest BCUT2D eigenvalue weighted by Gasteiger charge is -2.18. The van der Waals surface area contributed by atoms with E-state index in [1.165, 1.54) is 0 Å². The molecule has 164 valence electrons. The molecule has 30 heavy (non-hydrogen) atoms. The van der Waals surface area contributed by atoms with E-state index in [0.29, 0.717) is 17.3 Å². The Morgan fingerprint density at radius 1 is 1.33 bits per heavy atom. The highest BCUT2D eigenvalue weighted by Gasteiger charge is 2.34. The molecule has 11 heteroatoms. The number of rotatable bonds is 8. The summed E-state index contributed by atoms with van der Waals surface area (Å²) in [5.41, 5.74) is -3.61. The number of carboxylic acids is 1. The standard InChI is InChI=1S/C19H19ClF4N2O4/c1-3-4-5-6-15(18(28)29)30-16-8-14(13(21)7-12(16)20)26-17(27)10(2)11(9-25-26)19(22,23)24/h7-9,15H,3-6H2,1-2H3,(H,28,29). The zero-order chi connectivity index (χ0) is 22.6. The average molecular weight is 451 g/mol. The van der Waals surface area contributed by atoms with Gasteiger partial charge in [-0.2, -0.15) is 23.0 Å². The third-order valence-electron chi connectivity index (χ3n) is 4.37. The summed E-state index contributed by atoms with van der Waals surface area (Å²) in [6, 6.07) is 1.72. The van der Waals surface area contributed by atoms with Crippen molar-refractivity contribution >= 4 is 17.6 Å². The molecule has 1 heterocycles. The summed E-state index contributed by atoms with van der Waals surface area (Å²) in [7, 11) is 0. The fourth-order valence-electron chi connectivity index (χ4n) is 2.73. The van der Waals surface area contributed by atoms with Crippen molar-refractivity contribution in [2.75, 3.05) is 0 Å². The van der Waals surface area contributed by atoms with Crippen molar-refractivity contribution in [2.45, 2.75) is 51.8 Å². The molecule has 0 radical (unpaired) electrons. The molecule has 0 fully saturated rings. The molecule has 0 spiro atoms. The number of carboxylic acid groups (broad SMARTS) is 1. The molecule has 1 atom stereocenters. The molecule has 1 aromatic carbocycles. The zero-order valence-electron chi connectivity index (χ0n) is 16.1. The highest BCUT2D eigenvalue weighted by atomic mass is 35.5. The normalized spacial score (nSPS) is 12.6. The smallest absolute Gasteiger partial charge is 0.418 e. The van der Waals surface area contributed by atoms with Crippen molar-refractivity contribution in [3.8, 4) is 11.4 Å². The fraction of sp³-hybridized carbons (Fsp3) is 0.421. The van der Waals surface area contributed by atoms with Crippen LogP contribution >= 0.6 is 11.6 Å². The number of benzene rings is 1. The van der Waals surface area contributed by atoms with Crippen LogP contribution < -0.4 is 10.3 Å². The van der Waals surface area contributed by atoms with E-state index in [1.807, 2.05) is 6.92 Å². The minimum atomic E-state index is -4.80. The van der Waals surface area contributed by atoms with Crippen LogP contribution in [0.25, 0.3) is 5.69 Å². The molecule has 0 aliphatic heterocycles. The molecule has 0 aliphatic carbocycles. The Morgan fingerprint density at radius 2 is 2.00 bits per heavy atom. The van der Waals surface area contributed by atoms with Crippen LogP contribution in [0.15, 0.2) is 23.1 Å². The molecule has 2 rings (SSSR count). The number of hydrogen-bond acceptors (Lipinski definition) is 4. The van der Waals surface area contributed by atoms with Gasteiger partial charge in [-0.05, 0) is 25.8 Å². The average Bonchev–Trinajstić information content (AvgIpc) is 2.64. The van der Waals surface area contributed by atoms with Crippen LogP contribution in [0.4, 0.5) is 17.6 Å². The molecule has 6 nitrogen and oxygen atoms in total. The van der Waals surface area contributed by atoms with Gasteiger partial charge in [0.05, 0.1) is 16.8 Å². The van der Waals surface area contributed by atoms with E-state index < -0.39 is 46.4 Å². The molecule has 0 saturated carbocycles. The SMILES string of the molecule is CCCCCC(Oc1cc(-n2ncc(C(F)(F)F)c(C)c2=O)c(F)cc1Cl)C(=O)O. The van der Waals surface area contributed by atoms with E-state index in [2.05, 4.69) is 5.10 Å². The molecule has 1 unspecified atom stereocenters. The summed E-state index contributed by atoms with van der Waals surface area (Å²) in [5, 5.41) is 12.5. The largest absolute Gasteiger partial charge is 0.479 e. The van der Waals surface area contributed by atoms with Crippen molar-refractivity contribution in [1.29, 1.82) is 0 Å². The van der Waals surface area contributed by atoms with Crippen LogP contribution in [0.1, 0.15) is 43.7 Å². The number of aliphatic carboxylic acids is 1. The van der Waals surface area contributed by atoms with Gasteiger partial charge in [-0.15, -0.1) is 0 Å². The second-order valence-electron chi connectivity index (χ2n) is 6.57. The first kappa shape index (κ1) is 23.7. The highest BCUT2D eigenvalue weighted by molar-refractivity contribution is 6.32. The van der Waals surface area contributed by atoms with Crippen LogP contribution in [-0.4, -0.2) is 27.0 Å². The molecule has 2 aromatic rings. The van der Waals surface area contributed by atoms with Crippen LogP contribution in [0.3, 0.4) is 0 Å². The number of aromatic nitrogens is 2. The Hall–Kier alpha value is -2.62. The first-order valence-corrected chi connectivity index (χ1v) is 9.40. The first-order valence-electron chi connectivity index (χ1n) is 9.02. The Labute approximate surface area is 174 Å². The second-order valence-corrected chi connectivity index (χ2v) is 6.98. The zero-order valence-corrected chi connectivity index (χ0v) is 16.8. The van der Waals surface area contributed by atoms with Crippen LogP contribution in [0.5, 0.6) is 5.75 Å². The molecular formula is C19H19ClF4N2O4. The predicted octanol–water partition coefficient (Wildman–Crippen LogP) is 4.76. The number of halogens is 5. The third-order valence-corrected chi connectivity index (χ3v) is 4.66. The van der Waals surface area contributed by atoms with Gasteiger partial charge in [0, 0.05) is 11.6 Å². The minimum absolute atomic E-state index is 0.170. The Bertz CT molecular complexity index is 992. The molecule has 0 aliphatic rings. The van der Waals surface area contributed by atoms with E-state index >= 15 is 0 Å². The quantitative estimate of drug-likeness (QED) is 0.463. The van der Waals surface area contributed by atoms with Crippen LogP contribution in [0.2, 0.25) is 5.02 Å². The van der Waals surface area contributed by atoms with Crippen molar-refractivity contribution in [3.63, 3.8) is 0 Å². The Morgan fingerprint density at radius 3 is 2.57 bits per heavy atom. The van der Waals surface area contributed by atoms with Gasteiger partial charge >= 0.3 is 12.1 Å². The number of alkyl halides is 3. The number of carbonyl (C=O) groups is 1. The maximum atomic E-state index is 14.4. The summed E-state index contributed by atoms with van der Waals surface area (Å²) in [6.45, 7) is 2.89. The van der Waals surface area contributed by atoms with E-state index in [-0.39, 0.29) is 17.2 Å². The van der Waals surface area contributed by atoms with Crippen molar-refractivity contribution < 1.29 is 32.2 Å². The van der Waals surface area contributed by atoms with Gasteiger partial charge < -0.3 is 9.84 Å². The Kier molecular flexibility index (Phi) is 7.46. The van der Waals surface area contributed by atoms with Crippen LogP contribution in [0, 0.1) is 12.7 Å². The van der Waals surface area contributed by atoms with Crippen molar-refractivity contribution in [3.05, 3.63) is 50.7 Å². The molecule has 1 N–H and O–H groups in total. The highest BCUT2D eigenvalue weighted by Crippen LogP contribution is 2.32. The summed E-state index contributed by atoms with van der Waals surface area (Å²) < 4.78 is 59.1. The predicted molar refractivity (Wildman–Crippen MR) is 101 cm³/mol. The number of hydrogen-bond donors (Lipinski definition) is 1. The number of unbranched alkanes of at least 4 members (excludes halogenated alkanes) is 2. The maximum Gasteiger partial charge on any atom is 0.418 e. The maximum absolute atomic E-state index is 14.4. The molecular weight excluding hydrogens is 432 g/mol. The summed E-state index contributed by atoms with van der Waals surface area (Å²) in [4.78, 5) is 23.8. The molecule has 1 aromatic heterocycles. The first-order chi connectivity index (χ1) is 14.0. The summed E-state index contributed by atoms with van der Waals surface area (Å²) in [5.74, 6) is -2.53. The van der Waals surface area contributed by atoms with Gasteiger partial charge in [0.25, 0.3) is 5.56 Å². The topological polar surface area (TPSA) is 81.4 Å². The second kappa shape index (κ2) is 9.46. The lowest BCUT2D eigenvalue weighted by molar-refractivity contribution is -0.145. The van der Waals surface area contributed by atoms with E-state index in [1.54, 1.807) is 0 Å². The van der Waals surface area contributed by atoms with Gasteiger partial charge in [0.15, 0.2) is 11.9 Å². The lowest BCUT2D eigenvalue weighted by atomic mass is 10.1. The van der Waals surface area contributed by atoms with Gasteiger partial charge in [0.1, 0.15) is 11.4 Å². The number of nitrogens with zero attached hydrogens (tertiary/aromatic N) is 2. The lowest BCUT2D eigenvalue weighted by Crippen LogP contribution is -2.29. The number of ether oxygens (including phenoxy) is 1. The van der Waals surface area contributed by atoms with Gasteiger partial charge in [-0.1, -0.05) is 31.4 Å². The molecule has 0 amide bonds. The van der Waals surface area contributed by atoms with Gasteiger partial charge in [0.2, 0.25) is 0 Å². The van der Waals surface area contributed by atoms with E-state index in [4.69, 9.17) is 16.3 Å². The minimum Gasteiger partial charge on any atom is -0.479 e. The molecule has 0 saturated heterocycles. The van der Waals surface area contributed by atoms with Crippen LogP contribution in [-0.2, 0) is 11.0 Å². The third kappa shape index (κ3) is 5.29. The monoisotopic (exact) mass is 450 g/mol. The van der Waals surface area contributed by atoms with Gasteiger partial charge in [-0.3, -0.25) is 4.79 Å². The molecule has 0 bridgehead atoms. The summed E-state index contributed by atoms with van der Waals surface area (Å²) in [6.07, 6.45) is -3.28. The fourth-order valence-corrected chi connectivity index (χ4v) is 2.93.